The molecule has 0 fully saturated rings. The third kappa shape index (κ3) is 17.4. The summed E-state index contributed by atoms with van der Waals surface area (Å²) in [7, 11) is 0. The van der Waals surface area contributed by atoms with Gasteiger partial charge in [-0.05, 0) is 38.5 Å². The monoisotopic (exact) mass is 575 g/mol. The minimum atomic E-state index is -1.39. The molecule has 0 spiro atoms. The molecule has 0 amide bonds. The van der Waals surface area contributed by atoms with Gasteiger partial charge in [-0.3, -0.25) is 33.7 Å². The van der Waals surface area contributed by atoms with Crippen molar-refractivity contribution in [2.24, 2.45) is 0 Å². The molecular weight excluding hydrogens is 530 g/mol. The molecule has 40 heavy (non-hydrogen) atoms. The Kier molecular flexibility index (Phi) is 19.8. The van der Waals surface area contributed by atoms with Gasteiger partial charge < -0.3 is 30.6 Å². The van der Waals surface area contributed by atoms with Gasteiger partial charge >= 0.3 is 35.8 Å². The lowest BCUT2D eigenvalue weighted by Gasteiger charge is -2.38. The molecule has 3 unspecified atom stereocenters. The molecule has 13 heteroatoms. The highest BCUT2D eigenvalue weighted by atomic mass is 16.4. The van der Waals surface area contributed by atoms with Crippen LogP contribution in [0.15, 0.2) is 0 Å². The fourth-order valence-electron chi connectivity index (χ4n) is 4.75. The van der Waals surface area contributed by atoms with Crippen LogP contribution in [-0.2, 0) is 28.8 Å². The molecule has 0 aliphatic rings. The lowest BCUT2D eigenvalue weighted by molar-refractivity contribution is -0.160. The van der Waals surface area contributed by atoms with Gasteiger partial charge in [0.15, 0.2) is 0 Å². The molecule has 3 atom stereocenters. The van der Waals surface area contributed by atoms with E-state index in [-0.39, 0.29) is 38.5 Å². The predicted molar refractivity (Wildman–Crippen MR) is 142 cm³/mol. The number of carboxylic acids is 6. The fraction of sp³-hybridized carbons (Fsp3) is 0.778. The number of carboxylic acid groups (broad SMARTS) is 6. The Hall–Kier alpha value is -3.22. The first kappa shape index (κ1) is 36.8. The summed E-state index contributed by atoms with van der Waals surface area (Å²) in [4.78, 5) is 70.2. The Labute approximate surface area is 234 Å². The van der Waals surface area contributed by atoms with E-state index in [1.165, 1.54) is 0 Å². The van der Waals surface area contributed by atoms with Crippen molar-refractivity contribution in [3.8, 4) is 0 Å². The highest BCUT2D eigenvalue weighted by Gasteiger charge is 2.42. The average molecular weight is 576 g/mol. The van der Waals surface area contributed by atoms with Gasteiger partial charge in [-0.15, -0.1) is 0 Å². The maximum absolute atomic E-state index is 12.3. The van der Waals surface area contributed by atoms with Crippen LogP contribution >= 0.6 is 0 Å². The van der Waals surface area contributed by atoms with Crippen molar-refractivity contribution in [3.05, 3.63) is 0 Å². The van der Waals surface area contributed by atoms with E-state index in [0.717, 1.165) is 4.90 Å². The Morgan fingerprint density at radius 1 is 0.375 bits per heavy atom. The molecule has 0 saturated heterocycles. The number of hydrogen-bond acceptors (Lipinski definition) is 7. The maximum atomic E-state index is 12.3. The first-order chi connectivity index (χ1) is 18.9. The maximum Gasteiger partial charge on any atom is 0.320 e. The van der Waals surface area contributed by atoms with Crippen molar-refractivity contribution in [2.45, 2.75) is 134 Å². The van der Waals surface area contributed by atoms with E-state index in [1.807, 2.05) is 0 Å². The zero-order valence-corrected chi connectivity index (χ0v) is 23.0. The molecule has 13 nitrogen and oxygen atoms in total. The lowest BCUT2D eigenvalue weighted by atomic mass is 9.95. The number of hydrogen-bond donors (Lipinski definition) is 6. The first-order valence-electron chi connectivity index (χ1n) is 14.0. The SMILES string of the molecule is O=C(O)CCCCCCC(C(=O)O)N(C(CCCCCCC(=O)O)C(=O)O)C(CCCCCCC(=O)O)C(=O)O. The predicted octanol–water partition coefficient (Wildman–Crippen LogP) is 3.92. The van der Waals surface area contributed by atoms with Gasteiger partial charge in [0.05, 0.1) is 0 Å². The number of carbonyl (C=O) groups is 6. The Morgan fingerprint density at radius 2 is 0.600 bits per heavy atom. The summed E-state index contributed by atoms with van der Waals surface area (Å²) in [6.45, 7) is 0. The zero-order chi connectivity index (χ0) is 30.5. The summed E-state index contributed by atoms with van der Waals surface area (Å²) in [5, 5.41) is 56.5. The summed E-state index contributed by atoms with van der Waals surface area (Å²) in [6, 6.07) is -4.16. The molecule has 0 aliphatic heterocycles. The third-order valence-corrected chi connectivity index (χ3v) is 6.79. The first-order valence-corrected chi connectivity index (χ1v) is 14.0. The van der Waals surface area contributed by atoms with Gasteiger partial charge in [0.1, 0.15) is 18.1 Å². The van der Waals surface area contributed by atoms with Gasteiger partial charge in [0, 0.05) is 19.3 Å². The molecule has 6 N–H and O–H groups in total. The van der Waals surface area contributed by atoms with Gasteiger partial charge in [-0.1, -0.05) is 57.8 Å². The summed E-state index contributed by atoms with van der Waals surface area (Å²) >= 11 is 0. The molecule has 0 saturated carbocycles. The zero-order valence-electron chi connectivity index (χ0n) is 23.0. The van der Waals surface area contributed by atoms with Crippen LogP contribution in [0.25, 0.3) is 0 Å². The van der Waals surface area contributed by atoms with Crippen LogP contribution in [-0.4, -0.2) is 89.5 Å². The van der Waals surface area contributed by atoms with Crippen LogP contribution in [0, 0.1) is 0 Å². The fourth-order valence-corrected chi connectivity index (χ4v) is 4.75. The van der Waals surface area contributed by atoms with Crippen LogP contribution in [0.5, 0.6) is 0 Å². The summed E-state index contributed by atoms with van der Waals surface area (Å²) in [6.07, 6.45) is 5.33. The summed E-state index contributed by atoms with van der Waals surface area (Å²) in [5.74, 6) is -6.83. The second kappa shape index (κ2) is 21.6. The largest absolute Gasteiger partial charge is 0.481 e. The molecule has 0 aromatic heterocycles. The number of rotatable bonds is 27. The minimum Gasteiger partial charge on any atom is -0.481 e. The van der Waals surface area contributed by atoms with Crippen LogP contribution in [0.3, 0.4) is 0 Å². The molecule has 0 aliphatic carbocycles. The van der Waals surface area contributed by atoms with Crippen LogP contribution in [0.1, 0.15) is 116 Å². The topological polar surface area (TPSA) is 227 Å². The standard InChI is InChI=1S/C27H45NO12/c29-22(30)16-10-4-1-7-13-19(25(35)36)28(20(26(37)38)14-8-2-5-11-17-23(31)32)21(27(39)40)15-9-3-6-12-18-24(33)34/h19-21H,1-18H2,(H,29,30)(H,31,32)(H,33,34)(H,35,36)(H,37,38)(H,39,40). The molecular formula is C27H45NO12. The van der Waals surface area contributed by atoms with Crippen molar-refractivity contribution in [2.75, 3.05) is 0 Å². The van der Waals surface area contributed by atoms with Crippen molar-refractivity contribution in [1.82, 2.24) is 4.90 Å². The third-order valence-electron chi connectivity index (χ3n) is 6.79. The smallest absolute Gasteiger partial charge is 0.320 e. The molecule has 230 valence electrons. The van der Waals surface area contributed by atoms with E-state index in [9.17, 15) is 44.1 Å². The Balaban J connectivity index is 5.67. The van der Waals surface area contributed by atoms with E-state index in [2.05, 4.69) is 0 Å². The molecule has 0 aromatic carbocycles. The highest BCUT2D eigenvalue weighted by Crippen LogP contribution is 2.25. The highest BCUT2D eigenvalue weighted by molar-refractivity contribution is 5.81. The summed E-state index contributed by atoms with van der Waals surface area (Å²) in [5.41, 5.74) is 0. The number of nitrogens with zero attached hydrogens (tertiary/aromatic N) is 1. The molecule has 0 heterocycles. The molecule has 0 radical (unpaired) electrons. The molecule has 0 aromatic rings. The average Bonchev–Trinajstić information content (AvgIpc) is 2.84. The Bertz CT molecular complexity index is 711. The minimum absolute atomic E-state index is 0.00676. The quantitative estimate of drug-likeness (QED) is 0.0764. The van der Waals surface area contributed by atoms with E-state index in [0.29, 0.717) is 77.0 Å². The van der Waals surface area contributed by atoms with Gasteiger partial charge in [0.25, 0.3) is 0 Å². The van der Waals surface area contributed by atoms with E-state index < -0.39 is 53.9 Å². The van der Waals surface area contributed by atoms with Crippen LogP contribution in [0.2, 0.25) is 0 Å². The van der Waals surface area contributed by atoms with E-state index in [1.54, 1.807) is 0 Å². The normalized spacial score (nSPS) is 13.4. The van der Waals surface area contributed by atoms with Crippen molar-refractivity contribution in [1.29, 1.82) is 0 Å². The number of aliphatic carboxylic acids is 6. The molecule has 0 rings (SSSR count). The van der Waals surface area contributed by atoms with Crippen LogP contribution in [0.4, 0.5) is 0 Å². The number of unbranched alkanes of at least 4 members (excludes halogenated alkanes) is 9. The van der Waals surface area contributed by atoms with Gasteiger partial charge in [-0.25, -0.2) is 0 Å². The van der Waals surface area contributed by atoms with Crippen molar-refractivity contribution >= 4 is 35.8 Å². The van der Waals surface area contributed by atoms with Crippen LogP contribution < -0.4 is 0 Å². The van der Waals surface area contributed by atoms with Gasteiger partial charge in [-0.2, -0.15) is 0 Å². The van der Waals surface area contributed by atoms with E-state index in [4.69, 9.17) is 15.3 Å². The molecule has 0 bridgehead atoms. The second-order valence-corrected chi connectivity index (χ2v) is 10.0. The summed E-state index contributed by atoms with van der Waals surface area (Å²) < 4.78 is 0. The van der Waals surface area contributed by atoms with Crippen molar-refractivity contribution in [3.63, 3.8) is 0 Å². The lowest BCUT2D eigenvalue weighted by Crippen LogP contribution is -2.58. The van der Waals surface area contributed by atoms with Gasteiger partial charge in [0.2, 0.25) is 0 Å². The van der Waals surface area contributed by atoms with E-state index >= 15 is 0 Å². The Morgan fingerprint density at radius 3 is 0.800 bits per heavy atom. The van der Waals surface area contributed by atoms with Crippen molar-refractivity contribution < 1.29 is 59.4 Å². The second-order valence-electron chi connectivity index (χ2n) is 10.0.